The van der Waals surface area contributed by atoms with Gasteiger partial charge in [0.05, 0.1) is 6.42 Å². The Labute approximate surface area is 203 Å². The van der Waals surface area contributed by atoms with Crippen LogP contribution >= 0.6 is 0 Å². The molecular weight excluding hydrogens is 426 g/mol. The van der Waals surface area contributed by atoms with Crippen molar-refractivity contribution in [1.29, 1.82) is 0 Å². The third-order valence-electron chi connectivity index (χ3n) is 7.57. The standard InChI is InChI=1S/C27H37N5O2/c1-20-17-22(28-4)30-24(29-20)27(3)11-8-14-32(19-27)25(34)26(2)12-15-31(16-13-26)23(33)18-21-9-6-5-7-10-21/h5-7,9-10,17H,8,11-16,18-19H2,1-4H3,(H,28,29,30)/t27-/m1/s1. The van der Waals surface area contributed by atoms with Crippen LogP contribution in [0.4, 0.5) is 5.82 Å². The number of aryl methyl sites for hydroxylation is 1. The number of hydrogen-bond acceptors (Lipinski definition) is 5. The molecule has 0 spiro atoms. The number of carbonyl (C=O) groups is 2. The van der Waals surface area contributed by atoms with Gasteiger partial charge in [0.1, 0.15) is 11.6 Å². The van der Waals surface area contributed by atoms with E-state index in [0.717, 1.165) is 42.3 Å². The minimum absolute atomic E-state index is 0.142. The third-order valence-corrected chi connectivity index (χ3v) is 7.57. The monoisotopic (exact) mass is 463 g/mol. The van der Waals surface area contributed by atoms with Gasteiger partial charge in [-0.05, 0) is 38.2 Å². The number of nitrogens with one attached hydrogen (secondary N) is 1. The van der Waals surface area contributed by atoms with Crippen LogP contribution in [-0.4, -0.2) is 64.8 Å². The summed E-state index contributed by atoms with van der Waals surface area (Å²) in [5.41, 5.74) is 1.25. The molecule has 3 heterocycles. The molecule has 0 saturated carbocycles. The van der Waals surface area contributed by atoms with E-state index < -0.39 is 5.41 Å². The zero-order valence-electron chi connectivity index (χ0n) is 20.9. The van der Waals surface area contributed by atoms with Gasteiger partial charge in [-0.25, -0.2) is 9.97 Å². The maximum Gasteiger partial charge on any atom is 0.228 e. The molecule has 4 rings (SSSR count). The van der Waals surface area contributed by atoms with Gasteiger partial charge in [0, 0.05) is 55.8 Å². The molecule has 2 amide bonds. The van der Waals surface area contributed by atoms with Crippen LogP contribution in [0.2, 0.25) is 0 Å². The van der Waals surface area contributed by atoms with Crippen LogP contribution in [0, 0.1) is 12.3 Å². The van der Waals surface area contributed by atoms with Gasteiger partial charge >= 0.3 is 0 Å². The van der Waals surface area contributed by atoms with Crippen molar-refractivity contribution >= 4 is 17.6 Å². The number of likely N-dealkylation sites (tertiary alicyclic amines) is 2. The highest BCUT2D eigenvalue weighted by molar-refractivity contribution is 5.84. The number of anilines is 1. The smallest absolute Gasteiger partial charge is 0.228 e. The van der Waals surface area contributed by atoms with Crippen molar-refractivity contribution in [2.75, 3.05) is 38.5 Å². The van der Waals surface area contributed by atoms with Gasteiger partial charge in [-0.2, -0.15) is 0 Å². The molecule has 1 aromatic heterocycles. The van der Waals surface area contributed by atoms with Crippen LogP contribution in [0.1, 0.15) is 56.6 Å². The van der Waals surface area contributed by atoms with Gasteiger partial charge in [-0.15, -0.1) is 0 Å². The Bertz CT molecular complexity index is 1030. The molecule has 7 heteroatoms. The highest BCUT2D eigenvalue weighted by atomic mass is 16.2. The molecule has 2 saturated heterocycles. The molecule has 2 aliphatic rings. The number of rotatable bonds is 5. The van der Waals surface area contributed by atoms with E-state index in [9.17, 15) is 9.59 Å². The topological polar surface area (TPSA) is 78.4 Å². The molecule has 1 N–H and O–H groups in total. The summed E-state index contributed by atoms with van der Waals surface area (Å²) in [4.78, 5) is 39.9. The average Bonchev–Trinajstić information content (AvgIpc) is 2.84. The maximum absolute atomic E-state index is 13.7. The first-order valence-corrected chi connectivity index (χ1v) is 12.4. The Morgan fingerprint density at radius 3 is 2.38 bits per heavy atom. The Kier molecular flexibility index (Phi) is 6.91. The summed E-state index contributed by atoms with van der Waals surface area (Å²) in [6, 6.07) is 11.8. The fraction of sp³-hybridized carbons (Fsp3) is 0.556. The number of nitrogens with zero attached hydrogens (tertiary/aromatic N) is 4. The van der Waals surface area contributed by atoms with Crippen LogP contribution in [0.15, 0.2) is 36.4 Å². The minimum atomic E-state index is -0.439. The minimum Gasteiger partial charge on any atom is -0.373 e. The summed E-state index contributed by atoms with van der Waals surface area (Å²) in [5.74, 6) is 1.96. The van der Waals surface area contributed by atoms with E-state index in [1.54, 1.807) is 0 Å². The van der Waals surface area contributed by atoms with Crippen molar-refractivity contribution in [3.8, 4) is 0 Å². The van der Waals surface area contributed by atoms with E-state index in [4.69, 9.17) is 9.97 Å². The molecule has 7 nitrogen and oxygen atoms in total. The van der Waals surface area contributed by atoms with E-state index in [2.05, 4.69) is 19.2 Å². The van der Waals surface area contributed by atoms with Gasteiger partial charge in [-0.1, -0.05) is 44.2 Å². The molecule has 0 unspecified atom stereocenters. The normalized spacial score (nSPS) is 22.4. The molecular formula is C27H37N5O2. The molecule has 0 bridgehead atoms. The Morgan fingerprint density at radius 1 is 1.00 bits per heavy atom. The summed E-state index contributed by atoms with van der Waals surface area (Å²) < 4.78 is 0. The Hall–Kier alpha value is -2.96. The number of carbonyl (C=O) groups excluding carboxylic acids is 2. The summed E-state index contributed by atoms with van der Waals surface area (Å²) in [6.45, 7) is 8.89. The molecule has 182 valence electrons. The van der Waals surface area contributed by atoms with Crippen LogP contribution in [0.3, 0.4) is 0 Å². The van der Waals surface area contributed by atoms with Crippen molar-refractivity contribution in [2.45, 2.75) is 58.3 Å². The lowest BCUT2D eigenvalue weighted by Gasteiger charge is -2.45. The lowest BCUT2D eigenvalue weighted by atomic mass is 9.76. The summed E-state index contributed by atoms with van der Waals surface area (Å²) >= 11 is 0. The zero-order valence-corrected chi connectivity index (χ0v) is 20.9. The second kappa shape index (κ2) is 9.72. The van der Waals surface area contributed by atoms with E-state index >= 15 is 0 Å². The number of piperidine rings is 2. The fourth-order valence-electron chi connectivity index (χ4n) is 5.29. The summed E-state index contributed by atoms with van der Waals surface area (Å²) in [7, 11) is 1.86. The van der Waals surface area contributed by atoms with E-state index in [-0.39, 0.29) is 17.2 Å². The van der Waals surface area contributed by atoms with Crippen LogP contribution in [0.5, 0.6) is 0 Å². The largest absolute Gasteiger partial charge is 0.373 e. The molecule has 1 atom stereocenters. The Morgan fingerprint density at radius 2 is 1.71 bits per heavy atom. The van der Waals surface area contributed by atoms with E-state index in [0.29, 0.717) is 38.9 Å². The van der Waals surface area contributed by atoms with Crippen LogP contribution in [-0.2, 0) is 21.4 Å². The van der Waals surface area contributed by atoms with Gasteiger partial charge in [0.25, 0.3) is 0 Å². The van der Waals surface area contributed by atoms with Crippen molar-refractivity contribution < 1.29 is 9.59 Å². The first kappa shape index (κ1) is 24.2. The molecule has 0 aliphatic carbocycles. The van der Waals surface area contributed by atoms with Crippen molar-refractivity contribution in [3.63, 3.8) is 0 Å². The van der Waals surface area contributed by atoms with E-state index in [1.807, 2.05) is 60.2 Å². The van der Waals surface area contributed by atoms with E-state index in [1.165, 1.54) is 0 Å². The lowest BCUT2D eigenvalue weighted by Crippen LogP contribution is -2.55. The predicted octanol–water partition coefficient (Wildman–Crippen LogP) is 3.58. The predicted molar refractivity (Wildman–Crippen MR) is 134 cm³/mol. The highest BCUT2D eigenvalue weighted by Crippen LogP contribution is 2.38. The van der Waals surface area contributed by atoms with Crippen molar-refractivity contribution in [3.05, 3.63) is 53.5 Å². The molecule has 2 aliphatic heterocycles. The molecule has 34 heavy (non-hydrogen) atoms. The highest BCUT2D eigenvalue weighted by Gasteiger charge is 2.44. The quantitative estimate of drug-likeness (QED) is 0.733. The maximum atomic E-state index is 13.7. The molecule has 1 aromatic carbocycles. The first-order chi connectivity index (χ1) is 16.2. The van der Waals surface area contributed by atoms with Crippen molar-refractivity contribution in [1.82, 2.24) is 19.8 Å². The first-order valence-electron chi connectivity index (χ1n) is 12.4. The lowest BCUT2D eigenvalue weighted by molar-refractivity contribution is -0.149. The second-order valence-corrected chi connectivity index (χ2v) is 10.5. The average molecular weight is 464 g/mol. The third kappa shape index (κ3) is 5.08. The molecule has 2 aromatic rings. The number of benzene rings is 1. The SMILES string of the molecule is CNc1cc(C)nc([C@]2(C)CCCN(C(=O)C3(C)CCN(C(=O)Cc4ccccc4)CC3)C2)n1. The van der Waals surface area contributed by atoms with Gasteiger partial charge in [0.2, 0.25) is 11.8 Å². The molecule has 0 radical (unpaired) electrons. The fourth-order valence-corrected chi connectivity index (χ4v) is 5.29. The second-order valence-electron chi connectivity index (χ2n) is 10.5. The number of aromatic nitrogens is 2. The number of hydrogen-bond donors (Lipinski definition) is 1. The summed E-state index contributed by atoms with van der Waals surface area (Å²) in [5, 5.41) is 3.12. The van der Waals surface area contributed by atoms with Crippen LogP contribution in [0.25, 0.3) is 0 Å². The zero-order chi connectivity index (χ0) is 24.3. The summed E-state index contributed by atoms with van der Waals surface area (Å²) in [6.07, 6.45) is 3.71. The van der Waals surface area contributed by atoms with Crippen molar-refractivity contribution in [2.24, 2.45) is 5.41 Å². The molecule has 2 fully saturated rings. The van der Waals surface area contributed by atoms with Gasteiger partial charge in [0.15, 0.2) is 0 Å². The van der Waals surface area contributed by atoms with Gasteiger partial charge < -0.3 is 15.1 Å². The number of amides is 2. The van der Waals surface area contributed by atoms with Gasteiger partial charge in [-0.3, -0.25) is 9.59 Å². The van der Waals surface area contributed by atoms with Crippen LogP contribution < -0.4 is 5.32 Å². The Balaban J connectivity index is 1.40.